The molecule has 2 N–H and O–H groups in total. The number of halogens is 2. The average molecular weight is 449 g/mol. The SMILES string of the molecule is O=C(NC(C(=O)O)c1cc(Br)c(Br)s1)OCc1ccccc1. The van der Waals surface area contributed by atoms with Gasteiger partial charge in [-0.1, -0.05) is 30.3 Å². The fourth-order valence-electron chi connectivity index (χ4n) is 1.64. The van der Waals surface area contributed by atoms with Gasteiger partial charge in [-0.2, -0.15) is 0 Å². The first-order valence-corrected chi connectivity index (χ1v) is 8.52. The summed E-state index contributed by atoms with van der Waals surface area (Å²) in [7, 11) is 0. The second-order valence-corrected chi connectivity index (χ2v) is 7.50. The van der Waals surface area contributed by atoms with Crippen LogP contribution in [0.25, 0.3) is 0 Å². The number of benzene rings is 1. The molecule has 22 heavy (non-hydrogen) atoms. The van der Waals surface area contributed by atoms with Crippen molar-refractivity contribution in [2.75, 3.05) is 0 Å². The van der Waals surface area contributed by atoms with Crippen molar-refractivity contribution in [1.29, 1.82) is 0 Å². The average Bonchev–Trinajstić information content (AvgIpc) is 2.82. The van der Waals surface area contributed by atoms with Crippen molar-refractivity contribution < 1.29 is 19.4 Å². The second kappa shape index (κ2) is 7.75. The predicted molar refractivity (Wildman–Crippen MR) is 89.9 cm³/mol. The number of carboxylic acids is 1. The number of aliphatic carboxylic acids is 1. The van der Waals surface area contributed by atoms with Gasteiger partial charge in [0.15, 0.2) is 6.04 Å². The van der Waals surface area contributed by atoms with Gasteiger partial charge >= 0.3 is 12.1 Å². The van der Waals surface area contributed by atoms with Gasteiger partial charge in [0.1, 0.15) is 6.61 Å². The number of ether oxygens (including phenoxy) is 1. The van der Waals surface area contributed by atoms with Crippen molar-refractivity contribution in [3.05, 3.63) is 55.1 Å². The molecule has 0 saturated carbocycles. The summed E-state index contributed by atoms with van der Waals surface area (Å²) in [6.45, 7) is 0.0802. The summed E-state index contributed by atoms with van der Waals surface area (Å²) in [5, 5.41) is 11.6. The lowest BCUT2D eigenvalue weighted by atomic mass is 10.2. The number of alkyl carbamates (subject to hydrolysis) is 1. The highest BCUT2D eigenvalue weighted by atomic mass is 79.9. The largest absolute Gasteiger partial charge is 0.479 e. The van der Waals surface area contributed by atoms with E-state index in [2.05, 4.69) is 37.2 Å². The van der Waals surface area contributed by atoms with E-state index in [0.29, 0.717) is 4.88 Å². The molecule has 8 heteroatoms. The van der Waals surface area contributed by atoms with Crippen LogP contribution < -0.4 is 5.32 Å². The van der Waals surface area contributed by atoms with Gasteiger partial charge in [-0.3, -0.25) is 0 Å². The Balaban J connectivity index is 1.99. The molecule has 0 aliphatic carbocycles. The second-order valence-electron chi connectivity index (χ2n) is 4.25. The number of thiophene rings is 1. The van der Waals surface area contributed by atoms with Crippen LogP contribution in [0.3, 0.4) is 0 Å². The lowest BCUT2D eigenvalue weighted by Gasteiger charge is -2.13. The number of nitrogens with one attached hydrogen (secondary N) is 1. The molecule has 1 unspecified atom stereocenters. The van der Waals surface area contributed by atoms with Crippen molar-refractivity contribution in [1.82, 2.24) is 5.32 Å². The van der Waals surface area contributed by atoms with Crippen LogP contribution in [0.5, 0.6) is 0 Å². The molecule has 2 rings (SSSR count). The number of carbonyl (C=O) groups is 2. The van der Waals surface area contributed by atoms with Crippen molar-refractivity contribution >= 4 is 55.3 Å². The van der Waals surface area contributed by atoms with Gasteiger partial charge in [-0.25, -0.2) is 9.59 Å². The summed E-state index contributed by atoms with van der Waals surface area (Å²) in [6.07, 6.45) is -0.781. The third-order valence-corrected chi connectivity index (χ3v) is 5.99. The molecule has 1 aromatic heterocycles. The van der Waals surface area contributed by atoms with Crippen LogP contribution in [0.2, 0.25) is 0 Å². The van der Waals surface area contributed by atoms with Crippen LogP contribution >= 0.6 is 43.2 Å². The molecule has 1 amide bonds. The molecule has 0 saturated heterocycles. The summed E-state index contributed by atoms with van der Waals surface area (Å²) < 4.78 is 6.53. The van der Waals surface area contributed by atoms with Crippen LogP contribution in [0, 0.1) is 0 Å². The Bertz CT molecular complexity index is 655. The van der Waals surface area contributed by atoms with Crippen molar-refractivity contribution in [3.8, 4) is 0 Å². The topological polar surface area (TPSA) is 75.6 Å². The van der Waals surface area contributed by atoms with Gasteiger partial charge in [-0.05, 0) is 43.5 Å². The Morgan fingerprint density at radius 2 is 1.95 bits per heavy atom. The van der Waals surface area contributed by atoms with Gasteiger partial charge in [0.2, 0.25) is 0 Å². The third kappa shape index (κ3) is 4.56. The molecule has 5 nitrogen and oxygen atoms in total. The fraction of sp³-hybridized carbons (Fsp3) is 0.143. The quantitative estimate of drug-likeness (QED) is 0.713. The van der Waals surface area contributed by atoms with Crippen molar-refractivity contribution in [3.63, 3.8) is 0 Å². The highest BCUT2D eigenvalue weighted by Gasteiger charge is 2.25. The van der Waals surface area contributed by atoms with E-state index in [9.17, 15) is 14.7 Å². The Labute approximate surface area is 147 Å². The minimum Gasteiger partial charge on any atom is -0.479 e. The molecular weight excluding hydrogens is 438 g/mol. The van der Waals surface area contributed by atoms with E-state index in [0.717, 1.165) is 13.8 Å². The smallest absolute Gasteiger partial charge is 0.408 e. The van der Waals surface area contributed by atoms with E-state index in [4.69, 9.17) is 4.74 Å². The monoisotopic (exact) mass is 447 g/mol. The van der Waals surface area contributed by atoms with Gasteiger partial charge in [0.25, 0.3) is 0 Å². The van der Waals surface area contributed by atoms with Gasteiger partial charge in [0, 0.05) is 9.35 Å². The van der Waals surface area contributed by atoms with Crippen LogP contribution in [0.1, 0.15) is 16.5 Å². The Hall–Kier alpha value is -1.38. The maximum absolute atomic E-state index is 11.8. The highest BCUT2D eigenvalue weighted by Crippen LogP contribution is 2.35. The van der Waals surface area contributed by atoms with E-state index in [-0.39, 0.29) is 6.61 Å². The first-order valence-electron chi connectivity index (χ1n) is 6.12. The number of hydrogen-bond donors (Lipinski definition) is 2. The number of carboxylic acid groups (broad SMARTS) is 1. The Morgan fingerprint density at radius 3 is 2.50 bits per heavy atom. The van der Waals surface area contributed by atoms with Crippen LogP contribution in [0.15, 0.2) is 44.7 Å². The summed E-state index contributed by atoms with van der Waals surface area (Å²) in [5.41, 5.74) is 0.825. The van der Waals surface area contributed by atoms with E-state index < -0.39 is 18.1 Å². The van der Waals surface area contributed by atoms with Crippen molar-refractivity contribution in [2.24, 2.45) is 0 Å². The van der Waals surface area contributed by atoms with Crippen LogP contribution in [-0.4, -0.2) is 17.2 Å². The molecule has 1 aromatic carbocycles. The Morgan fingerprint density at radius 1 is 1.27 bits per heavy atom. The molecule has 1 heterocycles. The lowest BCUT2D eigenvalue weighted by molar-refractivity contribution is -0.139. The van der Waals surface area contributed by atoms with Crippen molar-refractivity contribution in [2.45, 2.75) is 12.6 Å². The van der Waals surface area contributed by atoms with Gasteiger partial charge in [-0.15, -0.1) is 11.3 Å². The number of rotatable bonds is 5. The van der Waals surface area contributed by atoms with Gasteiger partial charge in [0.05, 0.1) is 3.79 Å². The number of amides is 1. The molecule has 1 atom stereocenters. The molecule has 0 bridgehead atoms. The maximum Gasteiger partial charge on any atom is 0.408 e. The fourth-order valence-corrected chi connectivity index (χ4v) is 3.78. The zero-order valence-electron chi connectivity index (χ0n) is 11.1. The molecule has 0 aliphatic heterocycles. The standard InChI is InChI=1S/C14H11Br2NO4S/c15-9-6-10(22-12(9)16)11(13(18)19)17-14(20)21-7-8-4-2-1-3-5-8/h1-6,11H,7H2,(H,17,20)(H,18,19). The van der Waals surface area contributed by atoms with E-state index in [1.165, 1.54) is 11.3 Å². The first kappa shape index (κ1) is 17.0. The van der Waals surface area contributed by atoms with E-state index in [1.807, 2.05) is 30.3 Å². The highest BCUT2D eigenvalue weighted by molar-refractivity contribution is 9.13. The lowest BCUT2D eigenvalue weighted by Crippen LogP contribution is -2.33. The normalized spacial score (nSPS) is 11.7. The zero-order valence-corrected chi connectivity index (χ0v) is 15.1. The minimum atomic E-state index is -1.16. The first-order chi connectivity index (χ1) is 10.5. The minimum absolute atomic E-state index is 0.0802. The summed E-state index contributed by atoms with van der Waals surface area (Å²) >= 11 is 7.81. The summed E-state index contributed by atoms with van der Waals surface area (Å²) in [4.78, 5) is 23.6. The van der Waals surface area contributed by atoms with E-state index in [1.54, 1.807) is 6.07 Å². The maximum atomic E-state index is 11.8. The molecular formula is C14H11Br2NO4S. The molecule has 2 aromatic rings. The number of hydrogen-bond acceptors (Lipinski definition) is 4. The molecule has 0 fully saturated rings. The van der Waals surface area contributed by atoms with Crippen LogP contribution in [0.4, 0.5) is 4.79 Å². The predicted octanol–water partition coefficient (Wildman–Crippen LogP) is 4.33. The number of carbonyl (C=O) groups excluding carboxylic acids is 1. The molecule has 0 aliphatic rings. The molecule has 0 spiro atoms. The zero-order chi connectivity index (χ0) is 16.1. The summed E-state index contributed by atoms with van der Waals surface area (Å²) in [6, 6.07) is 9.64. The van der Waals surface area contributed by atoms with E-state index >= 15 is 0 Å². The molecule has 116 valence electrons. The summed E-state index contributed by atoms with van der Waals surface area (Å²) in [5.74, 6) is -1.15. The molecule has 0 radical (unpaired) electrons. The van der Waals surface area contributed by atoms with Gasteiger partial charge < -0.3 is 15.2 Å². The Kier molecular flexibility index (Phi) is 5.98. The van der Waals surface area contributed by atoms with Crippen LogP contribution in [-0.2, 0) is 16.1 Å². The third-order valence-electron chi connectivity index (χ3n) is 2.67.